The van der Waals surface area contributed by atoms with Gasteiger partial charge < -0.3 is 9.84 Å². The van der Waals surface area contributed by atoms with Crippen molar-refractivity contribution in [2.24, 2.45) is 0 Å². The molecule has 1 atom stereocenters. The van der Waals surface area contributed by atoms with Gasteiger partial charge in [-0.05, 0) is 32.0 Å². The maximum atomic E-state index is 9.68. The first kappa shape index (κ1) is 13.3. The topological polar surface area (TPSA) is 42.4 Å². The van der Waals surface area contributed by atoms with Crippen molar-refractivity contribution in [2.75, 3.05) is 0 Å². The summed E-state index contributed by atoms with van der Waals surface area (Å²) in [5.74, 6) is 0.641. The largest absolute Gasteiger partial charge is 0.486 e. The van der Waals surface area contributed by atoms with Crippen molar-refractivity contribution in [3.05, 3.63) is 44.9 Å². The Kier molecular flexibility index (Phi) is 4.22. The van der Waals surface area contributed by atoms with Crippen LogP contribution in [-0.4, -0.2) is 10.1 Å². The van der Waals surface area contributed by atoms with Gasteiger partial charge in [0.2, 0.25) is 0 Å². The highest BCUT2D eigenvalue weighted by Crippen LogP contribution is 2.29. The normalized spacial score (nSPS) is 12.4. The zero-order chi connectivity index (χ0) is 13.1. The SMILES string of the molecule is Cc1csc(COc2ccc(Cl)cc2[C@@H](C)O)n1. The van der Waals surface area contributed by atoms with E-state index < -0.39 is 6.10 Å². The highest BCUT2D eigenvalue weighted by atomic mass is 35.5. The molecule has 1 heterocycles. The van der Waals surface area contributed by atoms with Crippen molar-refractivity contribution in [3.8, 4) is 5.75 Å². The smallest absolute Gasteiger partial charge is 0.140 e. The molecule has 0 amide bonds. The fourth-order valence-electron chi connectivity index (χ4n) is 1.59. The molecule has 1 N–H and O–H groups in total. The molecule has 0 fully saturated rings. The third kappa shape index (κ3) is 3.22. The van der Waals surface area contributed by atoms with Crippen LogP contribution in [0.4, 0.5) is 0 Å². The number of ether oxygens (including phenoxy) is 1. The van der Waals surface area contributed by atoms with Crippen LogP contribution in [0.2, 0.25) is 5.02 Å². The minimum Gasteiger partial charge on any atom is -0.486 e. The molecule has 2 aromatic rings. The summed E-state index contributed by atoms with van der Waals surface area (Å²) in [5.41, 5.74) is 1.68. The van der Waals surface area contributed by atoms with E-state index in [1.165, 1.54) is 0 Å². The van der Waals surface area contributed by atoms with Crippen molar-refractivity contribution in [1.82, 2.24) is 4.98 Å². The monoisotopic (exact) mass is 283 g/mol. The van der Waals surface area contributed by atoms with Gasteiger partial charge in [0.15, 0.2) is 0 Å². The molecule has 0 radical (unpaired) electrons. The Morgan fingerprint density at radius 3 is 2.89 bits per heavy atom. The van der Waals surface area contributed by atoms with E-state index in [9.17, 15) is 5.11 Å². The molecule has 96 valence electrons. The molecule has 1 aromatic heterocycles. The van der Waals surface area contributed by atoms with E-state index in [0.717, 1.165) is 10.7 Å². The van der Waals surface area contributed by atoms with Crippen LogP contribution in [0.25, 0.3) is 0 Å². The molecule has 1 aromatic carbocycles. The molecule has 0 aliphatic rings. The predicted octanol–water partition coefficient (Wildman–Crippen LogP) is 3.74. The lowest BCUT2D eigenvalue weighted by atomic mass is 10.1. The molecule has 5 heteroatoms. The van der Waals surface area contributed by atoms with Crippen LogP contribution in [-0.2, 0) is 6.61 Å². The van der Waals surface area contributed by atoms with E-state index in [1.807, 2.05) is 12.3 Å². The molecule has 0 saturated carbocycles. The number of benzene rings is 1. The first-order valence-corrected chi connectivity index (χ1v) is 6.83. The number of hydrogen-bond donors (Lipinski definition) is 1. The maximum absolute atomic E-state index is 9.68. The van der Waals surface area contributed by atoms with Gasteiger partial charge in [-0.25, -0.2) is 4.98 Å². The second-order valence-corrected chi connectivity index (χ2v) is 5.41. The Labute approximate surface area is 115 Å². The minimum atomic E-state index is -0.614. The molecule has 2 rings (SSSR count). The van der Waals surface area contributed by atoms with Gasteiger partial charge in [-0.3, -0.25) is 0 Å². The lowest BCUT2D eigenvalue weighted by molar-refractivity contribution is 0.190. The zero-order valence-electron chi connectivity index (χ0n) is 10.2. The Bertz CT molecular complexity index is 540. The van der Waals surface area contributed by atoms with Gasteiger partial charge in [0.1, 0.15) is 17.4 Å². The predicted molar refractivity (Wildman–Crippen MR) is 73.3 cm³/mol. The van der Waals surface area contributed by atoms with Gasteiger partial charge in [-0.15, -0.1) is 11.3 Å². The highest BCUT2D eigenvalue weighted by Gasteiger charge is 2.10. The lowest BCUT2D eigenvalue weighted by Crippen LogP contribution is -2.00. The molecular formula is C13H14ClNO2S. The first-order chi connectivity index (χ1) is 8.56. The van der Waals surface area contributed by atoms with E-state index in [-0.39, 0.29) is 0 Å². The van der Waals surface area contributed by atoms with Crippen molar-refractivity contribution in [1.29, 1.82) is 0 Å². The van der Waals surface area contributed by atoms with Gasteiger partial charge in [0.05, 0.1) is 6.10 Å². The second-order valence-electron chi connectivity index (χ2n) is 4.03. The summed E-state index contributed by atoms with van der Waals surface area (Å²) < 4.78 is 5.68. The van der Waals surface area contributed by atoms with E-state index in [2.05, 4.69) is 4.98 Å². The number of aliphatic hydroxyl groups is 1. The van der Waals surface area contributed by atoms with Crippen LogP contribution in [0.5, 0.6) is 5.75 Å². The number of hydrogen-bond acceptors (Lipinski definition) is 4. The van der Waals surface area contributed by atoms with E-state index >= 15 is 0 Å². The third-order valence-corrected chi connectivity index (χ3v) is 3.61. The van der Waals surface area contributed by atoms with Gasteiger partial charge >= 0.3 is 0 Å². The quantitative estimate of drug-likeness (QED) is 0.929. The van der Waals surface area contributed by atoms with Crippen LogP contribution >= 0.6 is 22.9 Å². The number of halogens is 1. The summed E-state index contributed by atoms with van der Waals surface area (Å²) in [6, 6.07) is 5.23. The number of aromatic nitrogens is 1. The Hall–Kier alpha value is -1.10. The second kappa shape index (κ2) is 5.69. The summed E-state index contributed by atoms with van der Waals surface area (Å²) in [7, 11) is 0. The van der Waals surface area contributed by atoms with Crippen LogP contribution in [0, 0.1) is 6.92 Å². The molecule has 0 spiro atoms. The van der Waals surface area contributed by atoms with Crippen molar-refractivity contribution in [3.63, 3.8) is 0 Å². The minimum absolute atomic E-state index is 0.403. The summed E-state index contributed by atoms with van der Waals surface area (Å²) in [5, 5.41) is 13.2. The molecule has 0 unspecified atom stereocenters. The molecule has 0 aliphatic carbocycles. The lowest BCUT2D eigenvalue weighted by Gasteiger charge is -2.13. The van der Waals surface area contributed by atoms with E-state index in [0.29, 0.717) is 22.9 Å². The van der Waals surface area contributed by atoms with Crippen LogP contribution in [0.3, 0.4) is 0 Å². The van der Waals surface area contributed by atoms with Gasteiger partial charge in [-0.1, -0.05) is 11.6 Å². The van der Waals surface area contributed by atoms with Gasteiger partial charge in [0.25, 0.3) is 0 Å². The molecule has 0 saturated heterocycles. The number of rotatable bonds is 4. The highest BCUT2D eigenvalue weighted by molar-refractivity contribution is 7.09. The number of nitrogens with zero attached hydrogens (tertiary/aromatic N) is 1. The fourth-order valence-corrected chi connectivity index (χ4v) is 2.45. The van der Waals surface area contributed by atoms with Crippen molar-refractivity contribution < 1.29 is 9.84 Å². The Balaban J connectivity index is 2.13. The molecule has 3 nitrogen and oxygen atoms in total. The third-order valence-electron chi connectivity index (χ3n) is 2.44. The number of thiazole rings is 1. The van der Waals surface area contributed by atoms with Crippen LogP contribution in [0.15, 0.2) is 23.6 Å². The molecule has 0 bridgehead atoms. The number of aliphatic hydroxyl groups excluding tert-OH is 1. The van der Waals surface area contributed by atoms with Gasteiger partial charge in [-0.2, -0.15) is 0 Å². The van der Waals surface area contributed by atoms with Crippen molar-refractivity contribution in [2.45, 2.75) is 26.6 Å². The fraction of sp³-hybridized carbons (Fsp3) is 0.308. The van der Waals surface area contributed by atoms with Crippen LogP contribution in [0.1, 0.15) is 29.3 Å². The zero-order valence-corrected chi connectivity index (χ0v) is 11.8. The van der Waals surface area contributed by atoms with E-state index in [1.54, 1.807) is 36.5 Å². The average molecular weight is 284 g/mol. The molecular weight excluding hydrogens is 270 g/mol. The summed E-state index contributed by atoms with van der Waals surface area (Å²) in [4.78, 5) is 4.32. The summed E-state index contributed by atoms with van der Waals surface area (Å²) in [6.07, 6.45) is -0.614. The number of aryl methyl sites for hydroxylation is 1. The maximum Gasteiger partial charge on any atom is 0.140 e. The summed E-state index contributed by atoms with van der Waals surface area (Å²) in [6.45, 7) is 4.04. The van der Waals surface area contributed by atoms with Crippen molar-refractivity contribution >= 4 is 22.9 Å². The average Bonchev–Trinajstić information content (AvgIpc) is 2.73. The molecule has 18 heavy (non-hydrogen) atoms. The standard InChI is InChI=1S/C13H14ClNO2S/c1-8-7-18-13(15-8)6-17-12-4-3-10(14)5-11(12)9(2)16/h3-5,7,9,16H,6H2,1-2H3/t9-/m1/s1. The van der Waals surface area contributed by atoms with E-state index in [4.69, 9.17) is 16.3 Å². The summed E-state index contributed by atoms with van der Waals surface area (Å²) >= 11 is 7.47. The van der Waals surface area contributed by atoms with Gasteiger partial charge in [0, 0.05) is 21.7 Å². The van der Waals surface area contributed by atoms with Crippen LogP contribution < -0.4 is 4.74 Å². The Morgan fingerprint density at radius 2 is 2.28 bits per heavy atom. The first-order valence-electron chi connectivity index (χ1n) is 5.57. The Morgan fingerprint density at radius 1 is 1.50 bits per heavy atom. The molecule has 0 aliphatic heterocycles.